The van der Waals surface area contributed by atoms with E-state index in [1.807, 2.05) is 19.1 Å². The molecular formula is C19H18N2O4. The molecule has 0 spiro atoms. The smallest absolute Gasteiger partial charge is 0.341 e. The van der Waals surface area contributed by atoms with Gasteiger partial charge in [-0.05, 0) is 37.6 Å². The number of para-hydroxylation sites is 1. The van der Waals surface area contributed by atoms with Crippen LogP contribution in [-0.2, 0) is 9.53 Å². The van der Waals surface area contributed by atoms with Gasteiger partial charge in [0.25, 0.3) is 5.91 Å². The quantitative estimate of drug-likeness (QED) is 0.717. The fraction of sp³-hybridized carbons (Fsp3) is 0.211. The number of anilines is 1. The van der Waals surface area contributed by atoms with Gasteiger partial charge in [-0.15, -0.1) is 0 Å². The predicted octanol–water partition coefficient (Wildman–Crippen LogP) is 3.71. The number of nitrogens with one attached hydrogen (secondary N) is 1. The highest BCUT2D eigenvalue weighted by Crippen LogP contribution is 2.19. The van der Waals surface area contributed by atoms with Crippen LogP contribution in [0.25, 0.3) is 11.1 Å². The fourth-order valence-corrected chi connectivity index (χ4v) is 2.43. The van der Waals surface area contributed by atoms with Crippen LogP contribution in [0.2, 0.25) is 0 Å². The second kappa shape index (κ2) is 7.17. The minimum atomic E-state index is -0.893. The first kappa shape index (κ1) is 16.7. The lowest BCUT2D eigenvalue weighted by Gasteiger charge is -2.16. The zero-order valence-corrected chi connectivity index (χ0v) is 14.0. The van der Waals surface area contributed by atoms with Crippen molar-refractivity contribution < 1.29 is 18.7 Å². The maximum atomic E-state index is 12.4. The summed E-state index contributed by atoms with van der Waals surface area (Å²) in [6.45, 7) is 3.75. The van der Waals surface area contributed by atoms with Crippen LogP contribution in [0.4, 0.5) is 5.69 Å². The molecule has 128 valence electrons. The van der Waals surface area contributed by atoms with Gasteiger partial charge < -0.3 is 14.5 Å². The topological polar surface area (TPSA) is 81.4 Å². The number of hydrogen-bond acceptors (Lipinski definition) is 5. The standard InChI is InChI=1S/C19H18N2O4/c1-3-15(18(22)21-13-9-7-12(2)8-10-13)25-19(23)14-5-4-6-16-17(14)20-11-24-16/h4-11,15H,3H2,1-2H3,(H,21,22). The lowest BCUT2D eigenvalue weighted by Crippen LogP contribution is -2.32. The Kier molecular flexibility index (Phi) is 4.79. The van der Waals surface area contributed by atoms with E-state index in [2.05, 4.69) is 10.3 Å². The molecule has 1 heterocycles. The van der Waals surface area contributed by atoms with Gasteiger partial charge >= 0.3 is 5.97 Å². The zero-order chi connectivity index (χ0) is 17.8. The molecule has 2 aromatic carbocycles. The van der Waals surface area contributed by atoms with E-state index in [-0.39, 0.29) is 11.5 Å². The molecular weight excluding hydrogens is 320 g/mol. The second-order valence-corrected chi connectivity index (χ2v) is 5.66. The number of esters is 1. The van der Waals surface area contributed by atoms with Crippen molar-refractivity contribution in [3.63, 3.8) is 0 Å². The van der Waals surface area contributed by atoms with Crippen LogP contribution in [0, 0.1) is 6.92 Å². The summed E-state index contributed by atoms with van der Waals surface area (Å²) >= 11 is 0. The molecule has 1 aromatic heterocycles. The van der Waals surface area contributed by atoms with Gasteiger partial charge in [-0.1, -0.05) is 30.7 Å². The van der Waals surface area contributed by atoms with Crippen molar-refractivity contribution in [3.8, 4) is 0 Å². The molecule has 6 nitrogen and oxygen atoms in total. The van der Waals surface area contributed by atoms with E-state index in [0.717, 1.165) is 5.56 Å². The second-order valence-electron chi connectivity index (χ2n) is 5.66. The average molecular weight is 338 g/mol. The third-order valence-corrected chi connectivity index (χ3v) is 3.81. The van der Waals surface area contributed by atoms with Gasteiger partial charge in [0, 0.05) is 5.69 Å². The van der Waals surface area contributed by atoms with Crippen molar-refractivity contribution in [2.45, 2.75) is 26.4 Å². The molecule has 0 radical (unpaired) electrons. The summed E-state index contributed by atoms with van der Waals surface area (Å²) in [6, 6.07) is 12.4. The number of aromatic nitrogens is 1. The normalized spacial score (nSPS) is 11.9. The molecule has 6 heteroatoms. The van der Waals surface area contributed by atoms with Crippen molar-refractivity contribution >= 4 is 28.7 Å². The molecule has 1 amide bonds. The predicted molar refractivity (Wildman–Crippen MR) is 93.3 cm³/mol. The monoisotopic (exact) mass is 338 g/mol. The summed E-state index contributed by atoms with van der Waals surface area (Å²) in [5.41, 5.74) is 2.93. The molecule has 1 atom stereocenters. The Morgan fingerprint density at radius 1 is 1.20 bits per heavy atom. The van der Waals surface area contributed by atoms with Crippen molar-refractivity contribution in [2.75, 3.05) is 5.32 Å². The number of oxazole rings is 1. The van der Waals surface area contributed by atoms with Crippen LogP contribution < -0.4 is 5.32 Å². The van der Waals surface area contributed by atoms with E-state index in [9.17, 15) is 9.59 Å². The van der Waals surface area contributed by atoms with Crippen LogP contribution in [0.3, 0.4) is 0 Å². The molecule has 1 N–H and O–H groups in total. The number of carbonyl (C=O) groups is 2. The van der Waals surface area contributed by atoms with E-state index in [1.54, 1.807) is 37.3 Å². The van der Waals surface area contributed by atoms with E-state index in [0.29, 0.717) is 23.2 Å². The number of carbonyl (C=O) groups excluding carboxylic acids is 2. The van der Waals surface area contributed by atoms with Gasteiger partial charge in [0.05, 0.1) is 5.56 Å². The highest BCUT2D eigenvalue weighted by atomic mass is 16.5. The van der Waals surface area contributed by atoms with E-state index in [1.165, 1.54) is 6.39 Å². The Labute approximate surface area is 144 Å². The number of nitrogens with zero attached hydrogens (tertiary/aromatic N) is 1. The first-order chi connectivity index (χ1) is 12.1. The number of fused-ring (bicyclic) bond motifs is 1. The molecule has 0 aliphatic rings. The molecule has 25 heavy (non-hydrogen) atoms. The van der Waals surface area contributed by atoms with Gasteiger partial charge in [0.15, 0.2) is 18.1 Å². The number of benzene rings is 2. The summed E-state index contributed by atoms with van der Waals surface area (Å²) in [4.78, 5) is 28.9. The van der Waals surface area contributed by atoms with Crippen LogP contribution >= 0.6 is 0 Å². The molecule has 0 aliphatic carbocycles. The van der Waals surface area contributed by atoms with E-state index in [4.69, 9.17) is 9.15 Å². The molecule has 1 unspecified atom stereocenters. The van der Waals surface area contributed by atoms with Gasteiger partial charge in [0.2, 0.25) is 0 Å². The van der Waals surface area contributed by atoms with Crippen LogP contribution in [-0.4, -0.2) is 23.0 Å². The molecule has 3 rings (SSSR count). The van der Waals surface area contributed by atoms with E-state index >= 15 is 0 Å². The highest BCUT2D eigenvalue weighted by molar-refractivity contribution is 6.03. The minimum absolute atomic E-state index is 0.271. The Morgan fingerprint density at radius 3 is 2.68 bits per heavy atom. The van der Waals surface area contributed by atoms with Gasteiger partial charge in [-0.25, -0.2) is 9.78 Å². The first-order valence-corrected chi connectivity index (χ1v) is 7.99. The third-order valence-electron chi connectivity index (χ3n) is 3.81. The first-order valence-electron chi connectivity index (χ1n) is 7.99. The molecule has 0 saturated heterocycles. The Morgan fingerprint density at radius 2 is 1.96 bits per heavy atom. The van der Waals surface area contributed by atoms with Gasteiger partial charge in [-0.3, -0.25) is 4.79 Å². The molecule has 0 aliphatic heterocycles. The van der Waals surface area contributed by atoms with Crippen LogP contribution in [0.1, 0.15) is 29.3 Å². The summed E-state index contributed by atoms with van der Waals surface area (Å²) < 4.78 is 10.6. The van der Waals surface area contributed by atoms with Crippen molar-refractivity contribution in [1.29, 1.82) is 0 Å². The van der Waals surface area contributed by atoms with Crippen molar-refractivity contribution in [2.24, 2.45) is 0 Å². The molecule has 0 fully saturated rings. The lowest BCUT2D eigenvalue weighted by atomic mass is 10.2. The maximum absolute atomic E-state index is 12.4. The molecule has 3 aromatic rings. The lowest BCUT2D eigenvalue weighted by molar-refractivity contribution is -0.124. The Balaban J connectivity index is 1.72. The largest absolute Gasteiger partial charge is 0.449 e. The van der Waals surface area contributed by atoms with Crippen molar-refractivity contribution in [1.82, 2.24) is 4.98 Å². The highest BCUT2D eigenvalue weighted by Gasteiger charge is 2.23. The third kappa shape index (κ3) is 3.68. The number of amides is 1. The summed E-state index contributed by atoms with van der Waals surface area (Å²) in [5, 5.41) is 2.76. The summed E-state index contributed by atoms with van der Waals surface area (Å²) in [7, 11) is 0. The number of ether oxygens (including phenoxy) is 1. The van der Waals surface area contributed by atoms with Crippen molar-refractivity contribution in [3.05, 3.63) is 60.0 Å². The Bertz CT molecular complexity index is 899. The number of hydrogen-bond donors (Lipinski definition) is 1. The molecule has 0 saturated carbocycles. The van der Waals surface area contributed by atoms with E-state index < -0.39 is 12.1 Å². The maximum Gasteiger partial charge on any atom is 0.341 e. The van der Waals surface area contributed by atoms with Crippen LogP contribution in [0.15, 0.2) is 53.3 Å². The SMILES string of the molecule is CCC(OC(=O)c1cccc2ocnc12)C(=O)Nc1ccc(C)cc1. The number of aryl methyl sites for hydroxylation is 1. The molecule has 0 bridgehead atoms. The van der Waals surface area contributed by atoms with Crippen LogP contribution in [0.5, 0.6) is 0 Å². The zero-order valence-electron chi connectivity index (χ0n) is 14.0. The fourth-order valence-electron chi connectivity index (χ4n) is 2.43. The van der Waals surface area contributed by atoms with Gasteiger partial charge in [-0.2, -0.15) is 0 Å². The average Bonchev–Trinajstić information content (AvgIpc) is 3.10. The summed E-state index contributed by atoms with van der Waals surface area (Å²) in [6.07, 6.45) is 0.733. The minimum Gasteiger partial charge on any atom is -0.449 e. The number of rotatable bonds is 5. The Hall–Kier alpha value is -3.15. The van der Waals surface area contributed by atoms with Gasteiger partial charge in [0.1, 0.15) is 5.52 Å². The summed E-state index contributed by atoms with van der Waals surface area (Å²) in [5.74, 6) is -0.975.